The van der Waals surface area contributed by atoms with E-state index in [0.717, 1.165) is 0 Å². The van der Waals surface area contributed by atoms with Gasteiger partial charge in [0.05, 0.1) is 22.0 Å². The van der Waals surface area contributed by atoms with Crippen LogP contribution in [0.3, 0.4) is 0 Å². The largest absolute Gasteiger partial charge is 0.502 e. The molecule has 8 heteroatoms. The number of phenolic OH excluding ortho intramolecular Hbond substituents is 2. The van der Waals surface area contributed by atoms with Gasteiger partial charge in [-0.1, -0.05) is 0 Å². The maximum absolute atomic E-state index is 10.2. The number of nitro benzene ring substituents is 2. The van der Waals surface area contributed by atoms with Gasteiger partial charge in [0.25, 0.3) is 0 Å². The Hall–Kier alpha value is -2.38. The fraction of sp³-hybridized carbons (Fsp3) is 0. The van der Waals surface area contributed by atoms with Crippen molar-refractivity contribution in [3.63, 3.8) is 0 Å². The number of benzene rings is 1. The van der Waals surface area contributed by atoms with Crippen molar-refractivity contribution in [2.75, 3.05) is 0 Å². The van der Waals surface area contributed by atoms with E-state index in [1.165, 1.54) is 0 Å². The van der Waals surface area contributed by atoms with Crippen LogP contribution in [-0.4, -0.2) is 20.1 Å². The fourth-order valence-corrected chi connectivity index (χ4v) is 0.847. The molecule has 1 aromatic carbocycles. The highest BCUT2D eigenvalue weighted by atomic mass is 16.6. The Balaban J connectivity index is 3.38. The monoisotopic (exact) mass is 200 g/mol. The third kappa shape index (κ3) is 1.53. The van der Waals surface area contributed by atoms with Gasteiger partial charge in [0, 0.05) is 0 Å². The number of phenols is 2. The van der Waals surface area contributed by atoms with Crippen molar-refractivity contribution in [3.05, 3.63) is 32.4 Å². The zero-order valence-electron chi connectivity index (χ0n) is 6.58. The Kier molecular flexibility index (Phi) is 2.19. The standard InChI is InChI=1S/C6H4N2O6/c9-5-1-3(7(11)12)6(10)2-4(5)8(13)14/h1-2,9-10H. The summed E-state index contributed by atoms with van der Waals surface area (Å²) in [7, 11) is 0. The summed E-state index contributed by atoms with van der Waals surface area (Å²) in [6.45, 7) is 0. The van der Waals surface area contributed by atoms with E-state index in [2.05, 4.69) is 0 Å². The van der Waals surface area contributed by atoms with Gasteiger partial charge >= 0.3 is 11.4 Å². The summed E-state index contributed by atoms with van der Waals surface area (Å²) in [4.78, 5) is 18.5. The highest BCUT2D eigenvalue weighted by Crippen LogP contribution is 2.37. The van der Waals surface area contributed by atoms with E-state index in [0.29, 0.717) is 12.1 Å². The van der Waals surface area contributed by atoms with Crippen LogP contribution in [0.5, 0.6) is 11.5 Å². The molecule has 0 aliphatic carbocycles. The maximum atomic E-state index is 10.2. The molecule has 1 aromatic rings. The molecule has 2 N–H and O–H groups in total. The predicted molar refractivity (Wildman–Crippen MR) is 43.1 cm³/mol. The number of aromatic hydroxyl groups is 2. The van der Waals surface area contributed by atoms with E-state index in [4.69, 9.17) is 10.2 Å². The van der Waals surface area contributed by atoms with Crippen molar-refractivity contribution in [2.24, 2.45) is 0 Å². The van der Waals surface area contributed by atoms with E-state index in [-0.39, 0.29) is 0 Å². The zero-order valence-corrected chi connectivity index (χ0v) is 6.58. The Labute approximate surface area is 76.3 Å². The summed E-state index contributed by atoms with van der Waals surface area (Å²) < 4.78 is 0. The smallest absolute Gasteiger partial charge is 0.314 e. The summed E-state index contributed by atoms with van der Waals surface area (Å²) in [5.74, 6) is -1.72. The lowest BCUT2D eigenvalue weighted by atomic mass is 10.2. The molecule has 0 aliphatic heterocycles. The van der Waals surface area contributed by atoms with Crippen molar-refractivity contribution >= 4 is 11.4 Å². The van der Waals surface area contributed by atoms with Gasteiger partial charge < -0.3 is 10.2 Å². The minimum Gasteiger partial charge on any atom is -0.502 e. The van der Waals surface area contributed by atoms with Crippen LogP contribution in [-0.2, 0) is 0 Å². The van der Waals surface area contributed by atoms with Crippen molar-refractivity contribution < 1.29 is 20.1 Å². The molecule has 0 fully saturated rings. The molecule has 0 unspecified atom stereocenters. The first kappa shape index (κ1) is 9.71. The van der Waals surface area contributed by atoms with E-state index < -0.39 is 32.7 Å². The second-order valence-corrected chi connectivity index (χ2v) is 2.34. The Bertz CT molecular complexity index is 375. The SMILES string of the molecule is O=[N+]([O-])c1cc(O)c([N+](=O)[O-])cc1O. The number of nitrogens with zero attached hydrogens (tertiary/aromatic N) is 2. The molecule has 1 rings (SSSR count). The van der Waals surface area contributed by atoms with Crippen molar-refractivity contribution in [1.29, 1.82) is 0 Å². The molecular weight excluding hydrogens is 196 g/mol. The lowest BCUT2D eigenvalue weighted by Crippen LogP contribution is -1.92. The molecule has 0 aromatic heterocycles. The minimum atomic E-state index is -0.960. The van der Waals surface area contributed by atoms with Crippen LogP contribution in [0.25, 0.3) is 0 Å². The average molecular weight is 200 g/mol. The van der Waals surface area contributed by atoms with Crippen LogP contribution in [0.4, 0.5) is 11.4 Å². The van der Waals surface area contributed by atoms with Crippen molar-refractivity contribution in [1.82, 2.24) is 0 Å². The number of rotatable bonds is 2. The normalized spacial score (nSPS) is 9.71. The second kappa shape index (κ2) is 3.17. The van der Waals surface area contributed by atoms with E-state index >= 15 is 0 Å². The van der Waals surface area contributed by atoms with Gasteiger partial charge in [-0.05, 0) is 0 Å². The van der Waals surface area contributed by atoms with Crippen LogP contribution in [0, 0.1) is 20.2 Å². The molecule has 0 aliphatic rings. The van der Waals surface area contributed by atoms with Gasteiger partial charge in [0.15, 0.2) is 0 Å². The lowest BCUT2D eigenvalue weighted by molar-refractivity contribution is -0.390. The summed E-state index contributed by atoms with van der Waals surface area (Å²) in [6.07, 6.45) is 0. The van der Waals surface area contributed by atoms with Gasteiger partial charge in [0.1, 0.15) is 0 Å². The lowest BCUT2D eigenvalue weighted by Gasteiger charge is -1.98. The average Bonchev–Trinajstić information content (AvgIpc) is 2.07. The van der Waals surface area contributed by atoms with E-state index in [9.17, 15) is 20.2 Å². The molecule has 0 amide bonds. The number of nitro groups is 2. The highest BCUT2D eigenvalue weighted by Gasteiger charge is 2.23. The summed E-state index contributed by atoms with van der Waals surface area (Å²) in [5.41, 5.74) is -1.57. The van der Waals surface area contributed by atoms with Crippen LogP contribution >= 0.6 is 0 Å². The quantitative estimate of drug-likeness (QED) is 0.415. The zero-order chi connectivity index (χ0) is 10.9. The molecular formula is C6H4N2O6. The molecule has 74 valence electrons. The number of hydrogen-bond donors (Lipinski definition) is 2. The van der Waals surface area contributed by atoms with Gasteiger partial charge in [0.2, 0.25) is 11.5 Å². The number of hydrogen-bond acceptors (Lipinski definition) is 6. The summed E-state index contributed by atoms with van der Waals surface area (Å²) >= 11 is 0. The second-order valence-electron chi connectivity index (χ2n) is 2.34. The first-order valence-corrected chi connectivity index (χ1v) is 3.28. The maximum Gasteiger partial charge on any atom is 0.314 e. The fourth-order valence-electron chi connectivity index (χ4n) is 0.847. The molecule has 0 saturated carbocycles. The third-order valence-electron chi connectivity index (χ3n) is 1.47. The molecule has 0 bridgehead atoms. The van der Waals surface area contributed by atoms with Crippen LogP contribution < -0.4 is 0 Å². The molecule has 0 heterocycles. The van der Waals surface area contributed by atoms with Gasteiger partial charge in [-0.25, -0.2) is 0 Å². The molecule has 0 saturated heterocycles. The first-order chi connectivity index (χ1) is 6.43. The van der Waals surface area contributed by atoms with Crippen molar-refractivity contribution in [3.8, 4) is 11.5 Å². The molecule has 0 atom stereocenters. The van der Waals surface area contributed by atoms with Gasteiger partial charge in [-0.2, -0.15) is 0 Å². The Morgan fingerprint density at radius 1 is 0.929 bits per heavy atom. The predicted octanol–water partition coefficient (Wildman–Crippen LogP) is 0.914. The van der Waals surface area contributed by atoms with E-state index in [1.807, 2.05) is 0 Å². The van der Waals surface area contributed by atoms with Gasteiger partial charge in [-0.3, -0.25) is 20.2 Å². The molecule has 0 spiro atoms. The molecule has 14 heavy (non-hydrogen) atoms. The van der Waals surface area contributed by atoms with E-state index in [1.54, 1.807) is 0 Å². The molecule has 0 radical (unpaired) electrons. The third-order valence-corrected chi connectivity index (χ3v) is 1.47. The summed E-state index contributed by atoms with van der Waals surface area (Å²) in [6, 6.07) is 1.04. The van der Waals surface area contributed by atoms with Gasteiger partial charge in [-0.15, -0.1) is 0 Å². The van der Waals surface area contributed by atoms with Crippen LogP contribution in [0.2, 0.25) is 0 Å². The van der Waals surface area contributed by atoms with Crippen LogP contribution in [0.1, 0.15) is 0 Å². The molecule has 8 nitrogen and oxygen atoms in total. The highest BCUT2D eigenvalue weighted by molar-refractivity contribution is 5.59. The van der Waals surface area contributed by atoms with Crippen LogP contribution in [0.15, 0.2) is 12.1 Å². The Morgan fingerprint density at radius 3 is 1.43 bits per heavy atom. The Morgan fingerprint density at radius 2 is 1.21 bits per heavy atom. The minimum absolute atomic E-state index is 0.521. The summed E-state index contributed by atoms with van der Waals surface area (Å²) in [5, 5.41) is 38.4. The van der Waals surface area contributed by atoms with Crippen molar-refractivity contribution in [2.45, 2.75) is 0 Å². The first-order valence-electron chi connectivity index (χ1n) is 3.28. The topological polar surface area (TPSA) is 127 Å².